The first-order chi connectivity index (χ1) is 19.5. The van der Waals surface area contributed by atoms with Crippen LogP contribution in [0.2, 0.25) is 0 Å². The van der Waals surface area contributed by atoms with Crippen LogP contribution in [0, 0.1) is 23.7 Å². The van der Waals surface area contributed by atoms with Crippen LogP contribution in [-0.2, 0) is 14.4 Å². The van der Waals surface area contributed by atoms with E-state index in [0.29, 0.717) is 23.8 Å². The van der Waals surface area contributed by atoms with Gasteiger partial charge < -0.3 is 24.5 Å². The van der Waals surface area contributed by atoms with Crippen LogP contribution >= 0.6 is 0 Å². The fraction of sp³-hybridized carbons (Fsp3) is 0.545. The first kappa shape index (κ1) is 29.0. The van der Waals surface area contributed by atoms with Crippen LogP contribution < -0.4 is 4.74 Å². The van der Waals surface area contributed by atoms with E-state index >= 15 is 0 Å². The predicted molar refractivity (Wildman–Crippen MR) is 159 cm³/mol. The van der Waals surface area contributed by atoms with E-state index in [1.54, 1.807) is 28.3 Å². The molecule has 0 saturated heterocycles. The summed E-state index contributed by atoms with van der Waals surface area (Å²) >= 11 is 0. The number of benzene rings is 1. The molecule has 1 aromatic carbocycles. The molecule has 41 heavy (non-hydrogen) atoms. The Morgan fingerprint density at radius 3 is 2.44 bits per heavy atom. The van der Waals surface area contributed by atoms with E-state index in [4.69, 9.17) is 4.74 Å². The monoisotopic (exact) mass is 561 g/mol. The summed E-state index contributed by atoms with van der Waals surface area (Å²) in [5, 5.41) is 10.2. The topological polar surface area (TPSA) is 90.4 Å². The predicted octanol–water partition coefficient (Wildman–Crippen LogP) is 4.53. The Morgan fingerprint density at radius 1 is 1.10 bits per heavy atom. The van der Waals surface area contributed by atoms with Gasteiger partial charge in [0, 0.05) is 50.4 Å². The first-order valence-electron chi connectivity index (χ1n) is 14.8. The van der Waals surface area contributed by atoms with Gasteiger partial charge in [-0.15, -0.1) is 0 Å². The Balaban J connectivity index is 1.70. The Morgan fingerprint density at radius 2 is 1.80 bits per heavy atom. The van der Waals surface area contributed by atoms with Crippen LogP contribution in [-0.4, -0.2) is 84.5 Å². The smallest absolute Gasteiger partial charge is 0.310 e. The molecule has 220 valence electrons. The number of nitrogens with zero attached hydrogens (tertiary/aromatic N) is 3. The Hall–Kier alpha value is -3.55. The zero-order valence-electron chi connectivity index (χ0n) is 25.1. The van der Waals surface area contributed by atoms with Crippen molar-refractivity contribution in [3.8, 4) is 5.75 Å². The van der Waals surface area contributed by atoms with Gasteiger partial charge in [-0.3, -0.25) is 14.4 Å². The molecule has 0 spiro atoms. The largest absolute Gasteiger partial charge is 0.497 e. The minimum Gasteiger partial charge on any atom is -0.497 e. The molecule has 4 unspecified atom stereocenters. The van der Waals surface area contributed by atoms with Crippen LogP contribution in [0.1, 0.15) is 57.1 Å². The van der Waals surface area contributed by atoms with Gasteiger partial charge in [0.05, 0.1) is 25.1 Å². The summed E-state index contributed by atoms with van der Waals surface area (Å²) in [5.41, 5.74) is 4.49. The number of likely N-dealkylation sites (N-methyl/N-ethyl adjacent to an activating group) is 2. The summed E-state index contributed by atoms with van der Waals surface area (Å²) in [5.74, 6) is -0.855. The van der Waals surface area contributed by atoms with Crippen molar-refractivity contribution in [2.45, 2.75) is 51.5 Å². The zero-order valence-corrected chi connectivity index (χ0v) is 25.1. The number of rotatable bonds is 6. The molecule has 1 N–H and O–H groups in total. The first-order valence-corrected chi connectivity index (χ1v) is 14.8. The van der Waals surface area contributed by atoms with Gasteiger partial charge in [0.1, 0.15) is 5.75 Å². The molecule has 8 nitrogen and oxygen atoms in total. The number of amides is 2. The molecule has 2 heterocycles. The molecule has 2 amide bonds. The molecule has 1 saturated carbocycles. The lowest BCUT2D eigenvalue weighted by molar-refractivity contribution is -0.144. The van der Waals surface area contributed by atoms with E-state index < -0.39 is 17.4 Å². The van der Waals surface area contributed by atoms with Crippen LogP contribution in [0.3, 0.4) is 0 Å². The third-order valence-electron chi connectivity index (χ3n) is 10.1. The van der Waals surface area contributed by atoms with E-state index in [1.165, 1.54) is 34.6 Å². The number of methoxy groups -OCH3 is 1. The number of fused-ring (bicyclic) bond motifs is 5. The number of ether oxygens (including phenoxy) is 1. The summed E-state index contributed by atoms with van der Waals surface area (Å²) in [7, 11) is 6.66. The van der Waals surface area contributed by atoms with E-state index in [0.717, 1.165) is 29.7 Å². The van der Waals surface area contributed by atoms with Gasteiger partial charge in [-0.2, -0.15) is 0 Å². The van der Waals surface area contributed by atoms with Gasteiger partial charge in [0.2, 0.25) is 5.91 Å². The summed E-state index contributed by atoms with van der Waals surface area (Å²) < 4.78 is 5.59. The van der Waals surface area contributed by atoms with Crippen LogP contribution in [0.5, 0.6) is 5.75 Å². The number of hydrogen-bond acceptors (Lipinski definition) is 5. The lowest BCUT2D eigenvalue weighted by Crippen LogP contribution is -2.56. The molecule has 0 aromatic heterocycles. The number of hydrogen-bond donors (Lipinski definition) is 1. The van der Waals surface area contributed by atoms with Crippen molar-refractivity contribution in [3.63, 3.8) is 0 Å². The van der Waals surface area contributed by atoms with E-state index in [-0.39, 0.29) is 30.2 Å². The van der Waals surface area contributed by atoms with Crippen molar-refractivity contribution >= 4 is 29.6 Å². The highest BCUT2D eigenvalue weighted by Gasteiger charge is 2.58. The molecule has 8 heteroatoms. The molecule has 5 rings (SSSR count). The summed E-state index contributed by atoms with van der Waals surface area (Å²) in [6, 6.07) is 6.03. The number of carboxylic acid groups (broad SMARTS) is 1. The normalized spacial score (nSPS) is 27.3. The van der Waals surface area contributed by atoms with E-state index in [1.807, 2.05) is 31.2 Å². The third kappa shape index (κ3) is 4.85. The quantitative estimate of drug-likeness (QED) is 0.514. The molecule has 1 aromatic rings. The molecular weight excluding hydrogens is 518 g/mol. The highest BCUT2D eigenvalue weighted by molar-refractivity contribution is 6.02. The lowest BCUT2D eigenvalue weighted by Gasteiger charge is -2.50. The molecule has 2 aliphatic heterocycles. The minimum atomic E-state index is -0.824. The number of aliphatic carboxylic acids is 1. The van der Waals surface area contributed by atoms with Gasteiger partial charge in [0.15, 0.2) is 0 Å². The van der Waals surface area contributed by atoms with Crippen molar-refractivity contribution < 1.29 is 24.2 Å². The van der Waals surface area contributed by atoms with Gasteiger partial charge in [-0.05, 0) is 67.0 Å². The van der Waals surface area contributed by atoms with Gasteiger partial charge in [0.25, 0.3) is 5.91 Å². The van der Waals surface area contributed by atoms with Crippen LogP contribution in [0.15, 0.2) is 41.5 Å². The van der Waals surface area contributed by atoms with Crippen LogP contribution in [0.25, 0.3) is 11.8 Å². The van der Waals surface area contributed by atoms with Crippen LogP contribution in [0.4, 0.5) is 0 Å². The molecule has 2 aliphatic carbocycles. The summed E-state index contributed by atoms with van der Waals surface area (Å²) in [6.07, 6.45) is 11.8. The average molecular weight is 562 g/mol. The standard InChI is InChI=1S/C33H43N3O5/c1-20-25(32(39)40)14-15-27-29(21-10-8-7-9-11-21)30-26-13-12-24(41-6)17-22(26)16-23(18-36(30)33(20,27)2)31(38)35(5)19-28(37)34(3)4/h12-17,20-21,25,27H,7-11,18-19H2,1-6H3,(H,39,40). The zero-order chi connectivity index (χ0) is 29.6. The molecule has 4 aliphatic rings. The second-order valence-electron chi connectivity index (χ2n) is 12.5. The fourth-order valence-electron chi connectivity index (χ4n) is 7.52. The molecule has 0 bridgehead atoms. The fourth-order valence-corrected chi connectivity index (χ4v) is 7.52. The maximum absolute atomic E-state index is 14.0. The van der Waals surface area contributed by atoms with E-state index in [9.17, 15) is 19.5 Å². The van der Waals surface area contributed by atoms with Crippen molar-refractivity contribution in [2.75, 3.05) is 41.3 Å². The Bertz CT molecular complexity index is 1340. The van der Waals surface area contributed by atoms with Gasteiger partial charge in [-0.1, -0.05) is 38.3 Å². The maximum Gasteiger partial charge on any atom is 0.310 e. The third-order valence-corrected chi connectivity index (χ3v) is 10.1. The Kier molecular flexibility index (Phi) is 7.79. The number of carboxylic acids is 1. The number of carbonyl (C=O) groups excluding carboxylic acids is 2. The highest BCUT2D eigenvalue weighted by atomic mass is 16.5. The van der Waals surface area contributed by atoms with Crippen molar-refractivity contribution in [1.82, 2.24) is 14.7 Å². The van der Waals surface area contributed by atoms with Crippen molar-refractivity contribution in [3.05, 3.63) is 52.6 Å². The van der Waals surface area contributed by atoms with Crippen molar-refractivity contribution in [2.24, 2.45) is 23.7 Å². The highest BCUT2D eigenvalue weighted by Crippen LogP contribution is 2.59. The summed E-state index contributed by atoms with van der Waals surface area (Å²) in [4.78, 5) is 44.1. The average Bonchev–Trinajstić information content (AvgIpc) is 3.09. The SMILES string of the molecule is COc1ccc2c(c1)C=C(C(=O)N(C)CC(=O)N(C)C)CN1C2=C(C2CCCCC2)C2C=CC(C(=O)O)C(C)C21C. The number of carbonyl (C=O) groups is 3. The van der Waals surface area contributed by atoms with Gasteiger partial charge >= 0.3 is 5.97 Å². The Labute approximate surface area is 243 Å². The second-order valence-corrected chi connectivity index (χ2v) is 12.5. The van der Waals surface area contributed by atoms with Crippen molar-refractivity contribution in [1.29, 1.82) is 0 Å². The van der Waals surface area contributed by atoms with E-state index in [2.05, 4.69) is 24.0 Å². The second kappa shape index (κ2) is 11.0. The molecule has 0 radical (unpaired) electrons. The lowest BCUT2D eigenvalue weighted by atomic mass is 9.63. The minimum absolute atomic E-state index is 0.0235. The molecule has 4 atom stereocenters. The van der Waals surface area contributed by atoms with Gasteiger partial charge in [-0.25, -0.2) is 0 Å². The molecule has 1 fully saturated rings. The molecular formula is C33H43N3O5. The summed E-state index contributed by atoms with van der Waals surface area (Å²) in [6.45, 7) is 4.54. The maximum atomic E-state index is 14.0.